The van der Waals surface area contributed by atoms with Gasteiger partial charge in [0, 0.05) is 18.8 Å². The van der Waals surface area contributed by atoms with Gasteiger partial charge < -0.3 is 10.2 Å². The molecule has 0 aliphatic carbocycles. The predicted octanol–water partition coefficient (Wildman–Crippen LogP) is 3.48. The smallest absolute Gasteiger partial charge is 0.295 e. The molecule has 2 amide bonds. The highest BCUT2D eigenvalue weighted by Gasteiger charge is 2.43. The zero-order valence-corrected chi connectivity index (χ0v) is 16.3. The van der Waals surface area contributed by atoms with Crippen molar-refractivity contribution in [2.24, 2.45) is 5.92 Å². The van der Waals surface area contributed by atoms with Crippen LogP contribution in [0.25, 0.3) is 11.1 Å². The van der Waals surface area contributed by atoms with Crippen molar-refractivity contribution in [1.82, 2.24) is 5.32 Å². The average Bonchev–Trinajstić information content (AvgIpc) is 3.08. The van der Waals surface area contributed by atoms with Crippen LogP contribution in [0, 0.1) is 17.6 Å². The number of hydrogen-bond donors (Lipinski definition) is 1. The van der Waals surface area contributed by atoms with E-state index in [1.54, 1.807) is 12.1 Å². The van der Waals surface area contributed by atoms with Gasteiger partial charge in [-0.1, -0.05) is 30.3 Å². The number of carbonyl (C=O) groups excluding carboxylic acids is 3. The van der Waals surface area contributed by atoms with Crippen molar-refractivity contribution < 1.29 is 23.2 Å². The lowest BCUT2D eigenvalue weighted by atomic mass is 10.0. The Hall–Kier alpha value is -3.87. The molecule has 1 aliphatic heterocycles. The molecular formula is C24H18F2N2O3. The molecule has 0 spiro atoms. The minimum Gasteiger partial charge on any atom is -0.351 e. The van der Waals surface area contributed by atoms with Gasteiger partial charge in [-0.25, -0.2) is 8.78 Å². The molecule has 4 rings (SSSR count). The van der Waals surface area contributed by atoms with E-state index in [2.05, 4.69) is 5.32 Å². The maximum absolute atomic E-state index is 13.1. The number of Topliss-reactive ketones (excluding diaryl/α,β-unsaturated/α-hetero) is 1. The van der Waals surface area contributed by atoms with Crippen molar-refractivity contribution in [2.75, 3.05) is 11.4 Å². The summed E-state index contributed by atoms with van der Waals surface area (Å²) in [6.07, 6.45) is 0. The molecule has 7 heteroatoms. The summed E-state index contributed by atoms with van der Waals surface area (Å²) in [5, 5.41) is 2.70. The third kappa shape index (κ3) is 4.35. The summed E-state index contributed by atoms with van der Waals surface area (Å²) >= 11 is 0. The number of ketones is 1. The van der Waals surface area contributed by atoms with Gasteiger partial charge in [-0.2, -0.15) is 0 Å². The highest BCUT2D eigenvalue weighted by molar-refractivity contribution is 6.47. The number of carbonyl (C=O) groups is 3. The lowest BCUT2D eigenvalue weighted by molar-refractivity contribution is -0.139. The van der Waals surface area contributed by atoms with E-state index in [0.717, 1.165) is 16.7 Å². The van der Waals surface area contributed by atoms with Crippen molar-refractivity contribution in [2.45, 2.75) is 6.54 Å². The third-order valence-electron chi connectivity index (χ3n) is 5.16. The Morgan fingerprint density at radius 2 is 1.55 bits per heavy atom. The Labute approximate surface area is 177 Å². The van der Waals surface area contributed by atoms with Crippen LogP contribution in [0.5, 0.6) is 0 Å². The minimum atomic E-state index is -1.13. The lowest BCUT2D eigenvalue weighted by Crippen LogP contribution is -2.35. The average molecular weight is 420 g/mol. The van der Waals surface area contributed by atoms with Crippen molar-refractivity contribution >= 4 is 23.3 Å². The standard InChI is InChI=1S/C24H18F2N2O3/c25-18-6-4-16(5-7-18)17-3-1-2-15(12-17)13-27-23(30)21-14-28(24(31)22(21)29)20-10-8-19(26)9-11-20/h1-12,21H,13-14H2,(H,27,30). The Morgan fingerprint density at radius 1 is 0.903 bits per heavy atom. The molecule has 1 heterocycles. The molecule has 1 fully saturated rings. The molecule has 5 nitrogen and oxygen atoms in total. The molecule has 0 aromatic heterocycles. The Bertz CT molecular complexity index is 1140. The van der Waals surface area contributed by atoms with E-state index >= 15 is 0 Å². The van der Waals surface area contributed by atoms with Gasteiger partial charge in [0.25, 0.3) is 5.91 Å². The molecule has 1 aliphatic rings. The number of rotatable bonds is 5. The first kappa shape index (κ1) is 20.4. The molecule has 1 saturated heterocycles. The normalized spacial score (nSPS) is 15.9. The van der Waals surface area contributed by atoms with E-state index in [-0.39, 0.29) is 18.9 Å². The zero-order chi connectivity index (χ0) is 22.0. The van der Waals surface area contributed by atoms with Crippen molar-refractivity contribution in [1.29, 1.82) is 0 Å². The quantitative estimate of drug-likeness (QED) is 0.508. The summed E-state index contributed by atoms with van der Waals surface area (Å²) in [5.41, 5.74) is 2.85. The third-order valence-corrected chi connectivity index (χ3v) is 5.16. The Kier molecular flexibility index (Phi) is 5.58. The highest BCUT2D eigenvalue weighted by Crippen LogP contribution is 2.24. The largest absolute Gasteiger partial charge is 0.351 e. The van der Waals surface area contributed by atoms with Gasteiger partial charge in [0.2, 0.25) is 11.7 Å². The monoisotopic (exact) mass is 420 g/mol. The number of benzene rings is 3. The van der Waals surface area contributed by atoms with Crippen molar-refractivity contribution in [3.8, 4) is 11.1 Å². The van der Waals surface area contributed by atoms with E-state index in [1.165, 1.54) is 41.3 Å². The molecule has 1 N–H and O–H groups in total. The van der Waals surface area contributed by atoms with Crippen LogP contribution in [0.4, 0.5) is 14.5 Å². The Morgan fingerprint density at radius 3 is 2.23 bits per heavy atom. The number of amides is 2. The molecule has 31 heavy (non-hydrogen) atoms. The van der Waals surface area contributed by atoms with E-state index in [9.17, 15) is 23.2 Å². The number of hydrogen-bond acceptors (Lipinski definition) is 3. The molecule has 156 valence electrons. The number of nitrogens with one attached hydrogen (secondary N) is 1. The second-order valence-electron chi connectivity index (χ2n) is 7.23. The van der Waals surface area contributed by atoms with Gasteiger partial charge in [0.15, 0.2) is 0 Å². The van der Waals surface area contributed by atoms with Gasteiger partial charge in [0.1, 0.15) is 17.6 Å². The van der Waals surface area contributed by atoms with E-state index in [4.69, 9.17) is 0 Å². The maximum Gasteiger partial charge on any atom is 0.295 e. The van der Waals surface area contributed by atoms with Crippen molar-refractivity contribution in [3.05, 3.63) is 90.0 Å². The van der Waals surface area contributed by atoms with Crippen LogP contribution in [0.2, 0.25) is 0 Å². The summed E-state index contributed by atoms with van der Waals surface area (Å²) in [6.45, 7) is 0.0765. The lowest BCUT2D eigenvalue weighted by Gasteiger charge is -2.15. The van der Waals surface area contributed by atoms with Crippen LogP contribution in [-0.2, 0) is 20.9 Å². The first-order valence-corrected chi connectivity index (χ1v) is 9.66. The van der Waals surface area contributed by atoms with Gasteiger partial charge in [-0.05, 0) is 59.2 Å². The van der Waals surface area contributed by atoms with Crippen LogP contribution in [0.15, 0.2) is 72.8 Å². The van der Waals surface area contributed by atoms with E-state index < -0.39 is 29.3 Å². The fourth-order valence-electron chi connectivity index (χ4n) is 3.49. The fourth-order valence-corrected chi connectivity index (χ4v) is 3.49. The van der Waals surface area contributed by atoms with Crippen LogP contribution >= 0.6 is 0 Å². The van der Waals surface area contributed by atoms with Gasteiger partial charge in [-0.15, -0.1) is 0 Å². The summed E-state index contributed by atoms with van der Waals surface area (Å²) in [5.74, 6) is -4.03. The molecule has 3 aromatic rings. The minimum absolute atomic E-state index is 0.0925. The summed E-state index contributed by atoms with van der Waals surface area (Å²) in [6, 6.07) is 18.6. The summed E-state index contributed by atoms with van der Waals surface area (Å²) in [7, 11) is 0. The van der Waals surface area contributed by atoms with Crippen LogP contribution < -0.4 is 10.2 Å². The molecular weight excluding hydrogens is 402 g/mol. The van der Waals surface area contributed by atoms with Crippen LogP contribution in [-0.4, -0.2) is 24.1 Å². The van der Waals surface area contributed by atoms with Crippen molar-refractivity contribution in [3.63, 3.8) is 0 Å². The second-order valence-corrected chi connectivity index (χ2v) is 7.23. The van der Waals surface area contributed by atoms with Gasteiger partial charge >= 0.3 is 0 Å². The number of halogens is 2. The fraction of sp³-hybridized carbons (Fsp3) is 0.125. The molecule has 0 radical (unpaired) electrons. The van der Waals surface area contributed by atoms with E-state index in [1.807, 2.05) is 24.3 Å². The van der Waals surface area contributed by atoms with Gasteiger partial charge in [-0.3, -0.25) is 14.4 Å². The predicted molar refractivity (Wildman–Crippen MR) is 111 cm³/mol. The Balaban J connectivity index is 1.42. The number of anilines is 1. The molecule has 1 atom stereocenters. The first-order chi connectivity index (χ1) is 14.9. The first-order valence-electron chi connectivity index (χ1n) is 9.66. The highest BCUT2D eigenvalue weighted by atomic mass is 19.1. The SMILES string of the molecule is O=C(NCc1cccc(-c2ccc(F)cc2)c1)C1CN(c2ccc(F)cc2)C(=O)C1=O. The van der Waals surface area contributed by atoms with Crippen LogP contribution in [0.1, 0.15) is 5.56 Å². The zero-order valence-electron chi connectivity index (χ0n) is 16.3. The van der Waals surface area contributed by atoms with Crippen LogP contribution in [0.3, 0.4) is 0 Å². The maximum atomic E-state index is 13.1. The topological polar surface area (TPSA) is 66.5 Å². The molecule has 0 bridgehead atoms. The summed E-state index contributed by atoms with van der Waals surface area (Å²) in [4.78, 5) is 38.4. The molecule has 1 unspecified atom stereocenters. The molecule has 0 saturated carbocycles. The van der Waals surface area contributed by atoms with Gasteiger partial charge in [0.05, 0.1) is 0 Å². The summed E-state index contributed by atoms with van der Waals surface area (Å²) < 4.78 is 26.3. The second kappa shape index (κ2) is 8.47. The molecule has 3 aromatic carbocycles. The number of nitrogens with zero attached hydrogens (tertiary/aromatic N) is 1. The van der Waals surface area contributed by atoms with E-state index in [0.29, 0.717) is 5.69 Å².